The van der Waals surface area contributed by atoms with Gasteiger partial charge in [-0.1, -0.05) is 45.9 Å². The first-order valence-corrected chi connectivity index (χ1v) is 10.4. The quantitative estimate of drug-likeness (QED) is 0.381. The van der Waals surface area contributed by atoms with Crippen molar-refractivity contribution >= 4 is 33.4 Å². The van der Waals surface area contributed by atoms with Crippen LogP contribution < -0.4 is 22.9 Å². The monoisotopic (exact) mass is 390 g/mol. The zero-order valence-electron chi connectivity index (χ0n) is 14.1. The summed E-state index contributed by atoms with van der Waals surface area (Å²) in [7, 11) is 3.22. The van der Waals surface area contributed by atoms with Crippen molar-refractivity contribution in [1.29, 1.82) is 0 Å². The number of hydrogen-bond acceptors (Lipinski definition) is 6. The van der Waals surface area contributed by atoms with Gasteiger partial charge in [0, 0.05) is 34.7 Å². The zero-order valence-corrected chi connectivity index (χ0v) is 15.8. The second kappa shape index (κ2) is 9.63. The molecule has 0 fully saturated rings. The Bertz CT molecular complexity index is 720. The lowest BCUT2D eigenvalue weighted by Gasteiger charge is -2.14. The molecule has 0 aliphatic carbocycles. The first-order valence-electron chi connectivity index (χ1n) is 7.93. The first-order chi connectivity index (χ1) is 12.4. The average Bonchev–Trinajstić information content (AvgIpc) is 2.65. The molecule has 8 heteroatoms. The largest absolute Gasteiger partial charge is 0.366 e. The molecule has 0 spiro atoms. The maximum atomic E-state index is 11.2. The van der Waals surface area contributed by atoms with Gasteiger partial charge in [0.1, 0.15) is 0 Å². The van der Waals surface area contributed by atoms with Crippen LogP contribution in [0.1, 0.15) is 43.9 Å². The lowest BCUT2D eigenvalue weighted by atomic mass is 10.1. The Labute approximate surface area is 160 Å². The van der Waals surface area contributed by atoms with Crippen LogP contribution >= 0.6 is 21.6 Å². The number of carbonyl (C=O) groups excluding carboxylic acids is 2. The molecule has 6 nitrogen and oxygen atoms in total. The summed E-state index contributed by atoms with van der Waals surface area (Å²) in [6.07, 6.45) is 0. The molecule has 2 atom stereocenters. The van der Waals surface area contributed by atoms with Gasteiger partial charge in [-0.3, -0.25) is 9.59 Å². The predicted molar refractivity (Wildman–Crippen MR) is 109 cm³/mol. The topological polar surface area (TPSA) is 138 Å². The highest BCUT2D eigenvalue weighted by Gasteiger charge is 2.12. The number of nitrogens with two attached hydrogens (primary N) is 4. The Morgan fingerprint density at radius 1 is 0.769 bits per heavy atom. The zero-order chi connectivity index (χ0) is 19.1. The molecule has 2 aromatic carbocycles. The molecule has 0 radical (unpaired) electrons. The number of rotatable bonds is 9. The predicted octanol–water partition coefficient (Wildman–Crippen LogP) is 1.97. The van der Waals surface area contributed by atoms with Crippen molar-refractivity contribution in [1.82, 2.24) is 0 Å². The van der Waals surface area contributed by atoms with Gasteiger partial charge in [-0.2, -0.15) is 0 Å². The third kappa shape index (κ3) is 5.77. The van der Waals surface area contributed by atoms with E-state index in [-0.39, 0.29) is 12.1 Å². The molecule has 2 aromatic rings. The molecule has 0 aliphatic heterocycles. The number of amides is 2. The van der Waals surface area contributed by atoms with Crippen molar-refractivity contribution in [3.63, 3.8) is 0 Å². The van der Waals surface area contributed by atoms with E-state index in [0.717, 1.165) is 11.1 Å². The normalized spacial score (nSPS) is 13.2. The summed E-state index contributed by atoms with van der Waals surface area (Å²) in [4.78, 5) is 22.5. The van der Waals surface area contributed by atoms with Crippen molar-refractivity contribution in [2.24, 2.45) is 22.9 Å². The molecule has 138 valence electrons. The van der Waals surface area contributed by atoms with Crippen LogP contribution in [0.4, 0.5) is 0 Å². The van der Waals surface area contributed by atoms with E-state index in [1.807, 2.05) is 12.1 Å². The van der Waals surface area contributed by atoms with Crippen molar-refractivity contribution in [3.8, 4) is 0 Å². The molecular formula is C18H22N4O2S2. The summed E-state index contributed by atoms with van der Waals surface area (Å²) < 4.78 is 0. The van der Waals surface area contributed by atoms with E-state index in [1.54, 1.807) is 58.0 Å². The molecule has 0 saturated carbocycles. The third-order valence-corrected chi connectivity index (χ3v) is 6.25. The summed E-state index contributed by atoms with van der Waals surface area (Å²) in [6, 6.07) is 13.7. The van der Waals surface area contributed by atoms with E-state index in [1.165, 1.54) is 0 Å². The lowest BCUT2D eigenvalue weighted by molar-refractivity contribution is 0.0991. The summed E-state index contributed by atoms with van der Waals surface area (Å²) in [5.74, 6) is 0.400. The van der Waals surface area contributed by atoms with Crippen LogP contribution in [0, 0.1) is 0 Å². The van der Waals surface area contributed by atoms with Gasteiger partial charge in [0.2, 0.25) is 11.8 Å². The maximum absolute atomic E-state index is 11.2. The number of benzene rings is 2. The molecule has 0 saturated heterocycles. The minimum Gasteiger partial charge on any atom is -0.366 e. The van der Waals surface area contributed by atoms with Crippen molar-refractivity contribution < 1.29 is 9.59 Å². The van der Waals surface area contributed by atoms with Gasteiger partial charge in [-0.25, -0.2) is 0 Å². The first kappa shape index (κ1) is 20.3. The smallest absolute Gasteiger partial charge is 0.248 e. The molecule has 2 unspecified atom stereocenters. The second-order valence-electron chi connectivity index (χ2n) is 5.76. The molecule has 0 heterocycles. The highest BCUT2D eigenvalue weighted by atomic mass is 33.1. The van der Waals surface area contributed by atoms with E-state index < -0.39 is 11.8 Å². The van der Waals surface area contributed by atoms with Gasteiger partial charge in [-0.05, 0) is 35.4 Å². The Balaban J connectivity index is 1.82. The third-order valence-electron chi connectivity index (χ3n) is 3.78. The average molecular weight is 391 g/mol. The summed E-state index contributed by atoms with van der Waals surface area (Å²) in [5, 5.41) is 0. The van der Waals surface area contributed by atoms with Crippen LogP contribution in [0.2, 0.25) is 0 Å². The Morgan fingerprint density at radius 3 is 1.50 bits per heavy atom. The molecule has 2 amide bonds. The minimum atomic E-state index is -0.467. The number of primary amides is 2. The fourth-order valence-electron chi connectivity index (χ4n) is 2.28. The minimum absolute atomic E-state index is 0.207. The summed E-state index contributed by atoms with van der Waals surface area (Å²) >= 11 is 0. The summed E-state index contributed by atoms with van der Waals surface area (Å²) in [5.41, 5.74) is 25.6. The highest BCUT2D eigenvalue weighted by Crippen LogP contribution is 2.29. The van der Waals surface area contributed by atoms with Crippen molar-refractivity contribution in [2.45, 2.75) is 12.1 Å². The Morgan fingerprint density at radius 2 is 1.15 bits per heavy atom. The molecule has 0 bridgehead atoms. The SMILES string of the molecule is NC(=O)c1cccc(C(N)CSSCC(N)c2cccc(C(N)=O)c2)c1. The highest BCUT2D eigenvalue weighted by molar-refractivity contribution is 8.76. The van der Waals surface area contributed by atoms with Gasteiger partial charge in [-0.15, -0.1) is 0 Å². The van der Waals surface area contributed by atoms with E-state index >= 15 is 0 Å². The van der Waals surface area contributed by atoms with Crippen LogP contribution in [0.25, 0.3) is 0 Å². The van der Waals surface area contributed by atoms with Crippen LogP contribution in [-0.4, -0.2) is 23.3 Å². The fraction of sp³-hybridized carbons (Fsp3) is 0.222. The van der Waals surface area contributed by atoms with E-state index in [0.29, 0.717) is 22.6 Å². The molecule has 26 heavy (non-hydrogen) atoms. The molecule has 2 rings (SSSR count). The fourth-order valence-corrected chi connectivity index (χ4v) is 4.61. The molecule has 8 N–H and O–H groups in total. The van der Waals surface area contributed by atoms with E-state index in [4.69, 9.17) is 22.9 Å². The molecular weight excluding hydrogens is 368 g/mol. The van der Waals surface area contributed by atoms with Crippen LogP contribution in [0.15, 0.2) is 48.5 Å². The van der Waals surface area contributed by atoms with Gasteiger partial charge >= 0.3 is 0 Å². The summed E-state index contributed by atoms with van der Waals surface area (Å²) in [6.45, 7) is 0. The van der Waals surface area contributed by atoms with E-state index in [2.05, 4.69) is 0 Å². The number of carbonyl (C=O) groups is 2. The van der Waals surface area contributed by atoms with Crippen LogP contribution in [-0.2, 0) is 0 Å². The molecule has 0 aromatic heterocycles. The lowest BCUT2D eigenvalue weighted by Crippen LogP contribution is -2.16. The van der Waals surface area contributed by atoms with Crippen molar-refractivity contribution in [3.05, 3.63) is 70.8 Å². The molecule has 0 aliphatic rings. The Hall–Kier alpha value is -2.00. The van der Waals surface area contributed by atoms with Crippen LogP contribution in [0.3, 0.4) is 0 Å². The van der Waals surface area contributed by atoms with Gasteiger partial charge in [0.15, 0.2) is 0 Å². The van der Waals surface area contributed by atoms with Gasteiger partial charge in [0.05, 0.1) is 0 Å². The standard InChI is InChI=1S/C18H22N4O2S2/c19-15(11-3-1-5-13(7-11)17(21)23)9-25-26-10-16(20)12-4-2-6-14(8-12)18(22)24/h1-8,15-16H,9-10,19-20H2,(H2,21,23)(H2,22,24). The van der Waals surface area contributed by atoms with Gasteiger partial charge < -0.3 is 22.9 Å². The maximum Gasteiger partial charge on any atom is 0.248 e. The van der Waals surface area contributed by atoms with Crippen LogP contribution in [0.5, 0.6) is 0 Å². The van der Waals surface area contributed by atoms with Gasteiger partial charge in [0.25, 0.3) is 0 Å². The Kier molecular flexibility index (Phi) is 7.52. The van der Waals surface area contributed by atoms with Crippen molar-refractivity contribution in [2.75, 3.05) is 11.5 Å². The van der Waals surface area contributed by atoms with E-state index in [9.17, 15) is 9.59 Å². The number of hydrogen-bond donors (Lipinski definition) is 4. The second-order valence-corrected chi connectivity index (χ2v) is 8.31.